The molecule has 0 aliphatic rings. The number of ether oxygens (including phenoxy) is 1. The molecule has 0 bridgehead atoms. The number of carbonyl (C=O) groups is 1. The zero-order valence-corrected chi connectivity index (χ0v) is 13.6. The summed E-state index contributed by atoms with van der Waals surface area (Å²) in [6.07, 6.45) is 0. The van der Waals surface area contributed by atoms with Crippen LogP contribution in [-0.4, -0.2) is 13.0 Å². The van der Waals surface area contributed by atoms with E-state index in [0.29, 0.717) is 22.0 Å². The Labute approximate surface area is 139 Å². The van der Waals surface area contributed by atoms with Crippen LogP contribution in [0.4, 0.5) is 5.69 Å². The Balaban J connectivity index is 1.93. The highest BCUT2D eigenvalue weighted by Crippen LogP contribution is 2.31. The summed E-state index contributed by atoms with van der Waals surface area (Å²) in [5.74, 6) is 0.352. The van der Waals surface area contributed by atoms with Crippen LogP contribution in [0.15, 0.2) is 54.6 Å². The van der Waals surface area contributed by atoms with Gasteiger partial charge in [0.25, 0.3) is 5.91 Å². The lowest BCUT2D eigenvalue weighted by molar-refractivity contribution is 0.102. The molecule has 0 fully saturated rings. The van der Waals surface area contributed by atoms with Crippen LogP contribution >= 0.6 is 11.6 Å². The van der Waals surface area contributed by atoms with Gasteiger partial charge in [0.2, 0.25) is 0 Å². The second kappa shape index (κ2) is 6.31. The molecule has 0 aromatic heterocycles. The van der Waals surface area contributed by atoms with E-state index < -0.39 is 0 Å². The number of fused-ring (bicyclic) bond motifs is 1. The van der Waals surface area contributed by atoms with Crippen molar-refractivity contribution in [1.29, 1.82) is 0 Å². The number of rotatable bonds is 3. The number of benzene rings is 3. The fourth-order valence-electron chi connectivity index (χ4n) is 2.45. The van der Waals surface area contributed by atoms with Gasteiger partial charge in [-0.1, -0.05) is 41.9 Å². The number of amides is 1. The molecule has 0 atom stereocenters. The smallest absolute Gasteiger partial charge is 0.255 e. The Morgan fingerprint density at radius 2 is 1.78 bits per heavy atom. The topological polar surface area (TPSA) is 38.3 Å². The van der Waals surface area contributed by atoms with Crippen LogP contribution in [0.25, 0.3) is 10.8 Å². The van der Waals surface area contributed by atoms with Crippen LogP contribution in [0.5, 0.6) is 5.75 Å². The molecule has 0 saturated heterocycles. The average Bonchev–Trinajstić information content (AvgIpc) is 2.57. The highest BCUT2D eigenvalue weighted by molar-refractivity contribution is 6.31. The molecule has 1 N–H and O–H groups in total. The second-order valence-electron chi connectivity index (χ2n) is 5.32. The quantitative estimate of drug-likeness (QED) is 0.730. The van der Waals surface area contributed by atoms with Crippen molar-refractivity contribution >= 4 is 34.0 Å². The summed E-state index contributed by atoms with van der Waals surface area (Å²) >= 11 is 6.09. The van der Waals surface area contributed by atoms with Crippen molar-refractivity contribution in [3.05, 3.63) is 70.7 Å². The molecule has 1 amide bonds. The number of carbonyl (C=O) groups excluding carboxylic acids is 1. The monoisotopic (exact) mass is 325 g/mol. The van der Waals surface area contributed by atoms with Crippen LogP contribution in [0, 0.1) is 6.92 Å². The lowest BCUT2D eigenvalue weighted by Crippen LogP contribution is -2.12. The minimum atomic E-state index is -0.184. The third kappa shape index (κ3) is 3.15. The van der Waals surface area contributed by atoms with Crippen molar-refractivity contribution in [1.82, 2.24) is 0 Å². The third-order valence-corrected chi connectivity index (χ3v) is 4.15. The number of hydrogen-bond donors (Lipinski definition) is 1. The molecule has 0 heterocycles. The molecule has 116 valence electrons. The van der Waals surface area contributed by atoms with Crippen molar-refractivity contribution in [2.24, 2.45) is 0 Å². The summed E-state index contributed by atoms with van der Waals surface area (Å²) < 4.78 is 5.29. The van der Waals surface area contributed by atoms with Crippen molar-refractivity contribution in [2.45, 2.75) is 6.92 Å². The van der Waals surface area contributed by atoms with Gasteiger partial charge in [0.05, 0.1) is 12.8 Å². The first kappa shape index (κ1) is 15.4. The van der Waals surface area contributed by atoms with Gasteiger partial charge in [-0.05, 0) is 41.5 Å². The van der Waals surface area contributed by atoms with Crippen LogP contribution in [-0.2, 0) is 0 Å². The molecule has 3 aromatic carbocycles. The molecule has 4 heteroatoms. The maximum absolute atomic E-state index is 12.5. The second-order valence-corrected chi connectivity index (χ2v) is 5.72. The van der Waals surface area contributed by atoms with Crippen molar-refractivity contribution in [3.8, 4) is 5.75 Å². The van der Waals surface area contributed by atoms with Crippen molar-refractivity contribution in [3.63, 3.8) is 0 Å². The standard InChI is InChI=1S/C19H16ClNO2/c1-12-9-17(18(23-2)11-16(12)20)21-19(22)15-8-7-13-5-3-4-6-14(13)10-15/h3-11H,1-2H3,(H,21,22). The number of aryl methyl sites for hydroxylation is 1. The van der Waals surface area contributed by atoms with E-state index in [2.05, 4.69) is 5.32 Å². The summed E-state index contributed by atoms with van der Waals surface area (Å²) in [6.45, 7) is 1.88. The Morgan fingerprint density at radius 1 is 1.04 bits per heavy atom. The molecule has 3 rings (SSSR count). The number of hydrogen-bond acceptors (Lipinski definition) is 2. The number of nitrogens with one attached hydrogen (secondary N) is 1. The summed E-state index contributed by atoms with van der Waals surface area (Å²) in [6, 6.07) is 17.1. The van der Waals surface area contributed by atoms with E-state index in [1.165, 1.54) is 0 Å². The molecule has 0 unspecified atom stereocenters. The third-order valence-electron chi connectivity index (χ3n) is 3.74. The van der Waals surface area contributed by atoms with Crippen LogP contribution < -0.4 is 10.1 Å². The van der Waals surface area contributed by atoms with Gasteiger partial charge in [0.15, 0.2) is 0 Å². The summed E-state index contributed by atoms with van der Waals surface area (Å²) in [5, 5.41) is 5.62. The van der Waals surface area contributed by atoms with E-state index in [4.69, 9.17) is 16.3 Å². The Kier molecular flexibility index (Phi) is 4.22. The highest BCUT2D eigenvalue weighted by Gasteiger charge is 2.12. The van der Waals surface area contributed by atoms with E-state index in [1.54, 1.807) is 19.2 Å². The van der Waals surface area contributed by atoms with Gasteiger partial charge < -0.3 is 10.1 Å². The first-order valence-corrected chi connectivity index (χ1v) is 7.60. The number of anilines is 1. The molecule has 0 radical (unpaired) electrons. The first-order chi connectivity index (χ1) is 11.1. The number of halogens is 1. The minimum Gasteiger partial charge on any atom is -0.495 e. The van der Waals surface area contributed by atoms with E-state index in [-0.39, 0.29) is 5.91 Å². The van der Waals surface area contributed by atoms with Crippen LogP contribution in [0.3, 0.4) is 0 Å². The van der Waals surface area contributed by atoms with Crippen LogP contribution in [0.2, 0.25) is 5.02 Å². The molecule has 23 heavy (non-hydrogen) atoms. The van der Waals surface area contributed by atoms with Gasteiger partial charge in [0.1, 0.15) is 5.75 Å². The Morgan fingerprint density at radius 3 is 2.52 bits per heavy atom. The fourth-order valence-corrected chi connectivity index (χ4v) is 2.61. The summed E-state index contributed by atoms with van der Waals surface area (Å²) in [4.78, 5) is 12.5. The Hall–Kier alpha value is -2.52. The van der Waals surface area contributed by atoms with Gasteiger partial charge in [-0.3, -0.25) is 4.79 Å². The lowest BCUT2D eigenvalue weighted by atomic mass is 10.1. The average molecular weight is 326 g/mol. The minimum absolute atomic E-state index is 0.184. The molecule has 3 aromatic rings. The Bertz CT molecular complexity index is 890. The molecule has 0 aliphatic carbocycles. The van der Waals surface area contributed by atoms with Gasteiger partial charge >= 0.3 is 0 Å². The highest BCUT2D eigenvalue weighted by atomic mass is 35.5. The SMILES string of the molecule is COc1cc(Cl)c(C)cc1NC(=O)c1ccc2ccccc2c1. The molecular formula is C19H16ClNO2. The summed E-state index contributed by atoms with van der Waals surface area (Å²) in [5.41, 5.74) is 2.08. The van der Waals surface area contributed by atoms with Gasteiger partial charge in [0, 0.05) is 16.7 Å². The fraction of sp³-hybridized carbons (Fsp3) is 0.105. The van der Waals surface area contributed by atoms with E-state index in [1.807, 2.05) is 49.4 Å². The van der Waals surface area contributed by atoms with E-state index in [0.717, 1.165) is 16.3 Å². The van der Waals surface area contributed by atoms with Crippen molar-refractivity contribution < 1.29 is 9.53 Å². The normalized spacial score (nSPS) is 10.6. The predicted molar refractivity (Wildman–Crippen MR) is 94.6 cm³/mol. The first-order valence-electron chi connectivity index (χ1n) is 7.23. The largest absolute Gasteiger partial charge is 0.495 e. The molecule has 0 aliphatic heterocycles. The van der Waals surface area contributed by atoms with Crippen molar-refractivity contribution in [2.75, 3.05) is 12.4 Å². The molecule has 0 spiro atoms. The lowest BCUT2D eigenvalue weighted by Gasteiger charge is -2.12. The van der Waals surface area contributed by atoms with Gasteiger partial charge in [-0.2, -0.15) is 0 Å². The maximum Gasteiger partial charge on any atom is 0.255 e. The zero-order chi connectivity index (χ0) is 16.4. The van der Waals surface area contributed by atoms with Gasteiger partial charge in [-0.15, -0.1) is 0 Å². The zero-order valence-electron chi connectivity index (χ0n) is 12.9. The van der Waals surface area contributed by atoms with Crippen LogP contribution in [0.1, 0.15) is 15.9 Å². The number of methoxy groups -OCH3 is 1. The van der Waals surface area contributed by atoms with Gasteiger partial charge in [-0.25, -0.2) is 0 Å². The van der Waals surface area contributed by atoms with E-state index in [9.17, 15) is 4.79 Å². The summed E-state index contributed by atoms with van der Waals surface area (Å²) in [7, 11) is 1.55. The molecule has 0 saturated carbocycles. The van der Waals surface area contributed by atoms with E-state index >= 15 is 0 Å². The predicted octanol–water partition coefficient (Wildman–Crippen LogP) is 5.06. The maximum atomic E-state index is 12.5. The molecular weight excluding hydrogens is 310 g/mol. The molecule has 3 nitrogen and oxygen atoms in total.